The van der Waals surface area contributed by atoms with Crippen LogP contribution in [0.25, 0.3) is 11.1 Å². The molecule has 3 aromatic carbocycles. The molecule has 0 radical (unpaired) electrons. The lowest BCUT2D eigenvalue weighted by atomic mass is 9.88. The van der Waals surface area contributed by atoms with Crippen molar-refractivity contribution >= 4 is 0 Å². The van der Waals surface area contributed by atoms with E-state index in [-0.39, 0.29) is 11.5 Å². The van der Waals surface area contributed by atoms with Gasteiger partial charge in [-0.2, -0.15) is 0 Å². The van der Waals surface area contributed by atoms with Gasteiger partial charge in [-0.1, -0.05) is 30.7 Å². The van der Waals surface area contributed by atoms with Crippen molar-refractivity contribution in [1.82, 2.24) is 4.90 Å². The average Bonchev–Trinajstić information content (AvgIpc) is 2.85. The summed E-state index contributed by atoms with van der Waals surface area (Å²) in [6.45, 7) is 9.21. The van der Waals surface area contributed by atoms with Gasteiger partial charge in [-0.05, 0) is 91.9 Å². The second kappa shape index (κ2) is 10.9. The number of aromatic hydroxyl groups is 2. The predicted octanol–water partition coefficient (Wildman–Crippen LogP) is 7.08. The number of likely N-dealkylation sites (tertiary alicyclic amines) is 1. The highest BCUT2D eigenvalue weighted by Gasteiger charge is 2.29. The maximum absolute atomic E-state index is 14.3. The molecule has 0 saturated carbocycles. The molecule has 1 fully saturated rings. The molecule has 5 heteroatoms. The second-order valence-electron chi connectivity index (χ2n) is 9.09. The molecule has 0 spiro atoms. The molecule has 1 heterocycles. The zero-order chi connectivity index (χ0) is 24.9. The number of hydrogen-bond acceptors (Lipinski definition) is 3. The molecule has 3 aromatic rings. The van der Waals surface area contributed by atoms with Crippen LogP contribution in [-0.4, -0.2) is 28.2 Å². The van der Waals surface area contributed by atoms with Gasteiger partial charge in [0.2, 0.25) is 0 Å². The fourth-order valence-electron chi connectivity index (χ4n) is 4.96. The van der Waals surface area contributed by atoms with Gasteiger partial charge in [0.1, 0.15) is 11.5 Å². The van der Waals surface area contributed by atoms with Crippen LogP contribution in [-0.2, 0) is 12.8 Å². The summed E-state index contributed by atoms with van der Waals surface area (Å²) in [7, 11) is 0. The van der Waals surface area contributed by atoms with Crippen LogP contribution in [0.4, 0.5) is 8.78 Å². The van der Waals surface area contributed by atoms with Gasteiger partial charge in [0.05, 0.1) is 6.04 Å². The van der Waals surface area contributed by atoms with Crippen molar-refractivity contribution in [2.75, 3.05) is 13.1 Å². The van der Waals surface area contributed by atoms with E-state index >= 15 is 0 Å². The van der Waals surface area contributed by atoms with Crippen LogP contribution in [0.15, 0.2) is 73.8 Å². The van der Waals surface area contributed by atoms with Gasteiger partial charge in [0.25, 0.3) is 0 Å². The second-order valence-corrected chi connectivity index (χ2v) is 9.09. The molecule has 0 amide bonds. The minimum Gasteiger partial charge on any atom is -0.507 e. The fourth-order valence-corrected chi connectivity index (χ4v) is 4.96. The van der Waals surface area contributed by atoms with E-state index in [9.17, 15) is 19.0 Å². The van der Waals surface area contributed by atoms with Crippen LogP contribution < -0.4 is 0 Å². The molecule has 182 valence electrons. The monoisotopic (exact) mass is 475 g/mol. The minimum atomic E-state index is -0.916. The molecule has 1 aliphatic rings. The SMILES string of the molecule is C=CCc1ccc(O)c(-c2cc(CC=C)cc(C(c3ccc(F)c(F)c3)N3CCCCC3)c2O)c1. The molecule has 3 nitrogen and oxygen atoms in total. The number of phenolic OH excluding ortho intramolecular Hbond substituents is 2. The Bertz CT molecular complexity index is 1230. The maximum atomic E-state index is 14.3. The number of halogens is 2. The van der Waals surface area contributed by atoms with E-state index in [2.05, 4.69) is 18.1 Å². The summed E-state index contributed by atoms with van der Waals surface area (Å²) in [6.07, 6.45) is 7.83. The summed E-state index contributed by atoms with van der Waals surface area (Å²) in [5, 5.41) is 22.3. The van der Waals surface area contributed by atoms with E-state index in [0.29, 0.717) is 35.1 Å². The van der Waals surface area contributed by atoms with Gasteiger partial charge >= 0.3 is 0 Å². The number of benzene rings is 3. The number of nitrogens with zero attached hydrogens (tertiary/aromatic N) is 1. The van der Waals surface area contributed by atoms with Gasteiger partial charge in [0.15, 0.2) is 11.6 Å². The maximum Gasteiger partial charge on any atom is 0.159 e. The van der Waals surface area contributed by atoms with Crippen LogP contribution in [0.2, 0.25) is 0 Å². The van der Waals surface area contributed by atoms with Crippen molar-refractivity contribution < 1.29 is 19.0 Å². The Labute approximate surface area is 205 Å². The zero-order valence-corrected chi connectivity index (χ0v) is 19.8. The standard InChI is InChI=1S/C30H31F2NO2/c1-3-8-20-10-13-28(34)23(16-20)24-17-21(9-4-2)18-25(30(24)35)29(33-14-6-5-7-15-33)22-11-12-26(31)27(32)19-22/h3-4,10-13,16-19,29,34-35H,1-2,5-9,14-15H2. The Morgan fingerprint density at radius 1 is 0.800 bits per heavy atom. The predicted molar refractivity (Wildman–Crippen MR) is 137 cm³/mol. The summed E-state index contributed by atoms with van der Waals surface area (Å²) in [5.41, 5.74) is 4.04. The average molecular weight is 476 g/mol. The lowest BCUT2D eigenvalue weighted by Gasteiger charge is -2.36. The van der Waals surface area contributed by atoms with Crippen LogP contribution in [0.3, 0.4) is 0 Å². The Hall–Kier alpha value is -3.44. The molecule has 1 saturated heterocycles. The first-order valence-electron chi connectivity index (χ1n) is 12.0. The Balaban J connectivity index is 1.94. The number of hydrogen-bond donors (Lipinski definition) is 2. The lowest BCUT2D eigenvalue weighted by molar-refractivity contribution is 0.184. The van der Waals surface area contributed by atoms with Crippen LogP contribution in [0.1, 0.15) is 47.6 Å². The van der Waals surface area contributed by atoms with Crippen molar-refractivity contribution in [3.05, 3.63) is 108 Å². The van der Waals surface area contributed by atoms with Crippen molar-refractivity contribution in [2.24, 2.45) is 0 Å². The topological polar surface area (TPSA) is 43.7 Å². The van der Waals surface area contributed by atoms with Gasteiger partial charge < -0.3 is 10.2 Å². The van der Waals surface area contributed by atoms with Gasteiger partial charge in [-0.25, -0.2) is 8.78 Å². The minimum absolute atomic E-state index is 0.0178. The quantitative estimate of drug-likeness (QED) is 0.342. The summed E-state index contributed by atoms with van der Waals surface area (Å²) < 4.78 is 28.1. The Morgan fingerprint density at radius 3 is 2.17 bits per heavy atom. The summed E-state index contributed by atoms with van der Waals surface area (Å²) >= 11 is 0. The molecule has 1 aliphatic heterocycles. The van der Waals surface area contributed by atoms with Gasteiger partial charge in [0, 0.05) is 16.7 Å². The molecule has 0 aromatic heterocycles. The number of allylic oxidation sites excluding steroid dienone is 2. The molecular formula is C30H31F2NO2. The van der Waals surface area contributed by atoms with Crippen LogP contribution in [0.5, 0.6) is 11.5 Å². The lowest BCUT2D eigenvalue weighted by Crippen LogP contribution is -2.34. The Morgan fingerprint density at radius 2 is 1.49 bits per heavy atom. The van der Waals surface area contributed by atoms with E-state index in [1.165, 1.54) is 6.07 Å². The third-order valence-electron chi connectivity index (χ3n) is 6.62. The van der Waals surface area contributed by atoms with Gasteiger partial charge in [-0.15, -0.1) is 13.2 Å². The third-order valence-corrected chi connectivity index (χ3v) is 6.62. The van der Waals surface area contributed by atoms with E-state index < -0.39 is 17.7 Å². The number of rotatable bonds is 8. The largest absolute Gasteiger partial charge is 0.507 e. The molecule has 0 aliphatic carbocycles. The van der Waals surface area contributed by atoms with Crippen LogP contribution in [0, 0.1) is 11.6 Å². The summed E-state index contributed by atoms with van der Waals surface area (Å²) in [5.74, 6) is -1.75. The zero-order valence-electron chi connectivity index (χ0n) is 19.8. The van der Waals surface area contributed by atoms with Crippen molar-refractivity contribution in [1.29, 1.82) is 0 Å². The highest BCUT2D eigenvalue weighted by atomic mass is 19.2. The van der Waals surface area contributed by atoms with E-state index in [0.717, 1.165) is 49.5 Å². The van der Waals surface area contributed by atoms with Crippen molar-refractivity contribution in [3.8, 4) is 22.6 Å². The molecular weight excluding hydrogens is 444 g/mol. The first kappa shape index (κ1) is 24.7. The third kappa shape index (κ3) is 5.30. The van der Waals surface area contributed by atoms with E-state index in [1.807, 2.05) is 24.3 Å². The molecule has 1 unspecified atom stereocenters. The number of piperidine rings is 1. The number of phenols is 2. The summed E-state index contributed by atoms with van der Waals surface area (Å²) in [6, 6.07) is 12.5. The first-order valence-corrected chi connectivity index (χ1v) is 12.0. The van der Waals surface area contributed by atoms with Gasteiger partial charge in [-0.3, -0.25) is 4.90 Å². The fraction of sp³-hybridized carbons (Fsp3) is 0.267. The molecule has 4 rings (SSSR count). The molecule has 1 atom stereocenters. The van der Waals surface area contributed by atoms with Crippen molar-refractivity contribution in [2.45, 2.75) is 38.1 Å². The van der Waals surface area contributed by atoms with E-state index in [4.69, 9.17) is 0 Å². The molecule has 2 N–H and O–H groups in total. The first-order chi connectivity index (χ1) is 16.9. The van der Waals surface area contributed by atoms with E-state index in [1.54, 1.807) is 24.3 Å². The highest BCUT2D eigenvalue weighted by molar-refractivity contribution is 5.78. The van der Waals surface area contributed by atoms with Crippen molar-refractivity contribution in [3.63, 3.8) is 0 Å². The Kier molecular flexibility index (Phi) is 7.67. The normalized spacial score (nSPS) is 15.0. The molecule has 35 heavy (non-hydrogen) atoms. The van der Waals surface area contributed by atoms with Crippen LogP contribution >= 0.6 is 0 Å². The smallest absolute Gasteiger partial charge is 0.159 e. The highest BCUT2D eigenvalue weighted by Crippen LogP contribution is 2.44. The summed E-state index contributed by atoms with van der Waals surface area (Å²) in [4.78, 5) is 2.21. The molecule has 0 bridgehead atoms.